The molecule has 0 bridgehead atoms. The highest BCUT2D eigenvalue weighted by molar-refractivity contribution is 9.10. The number of aromatic nitrogens is 1. The van der Waals surface area contributed by atoms with Crippen molar-refractivity contribution in [3.63, 3.8) is 0 Å². The Morgan fingerprint density at radius 3 is 2.94 bits per heavy atom. The zero-order valence-electron chi connectivity index (χ0n) is 9.57. The third kappa shape index (κ3) is 2.10. The topological polar surface area (TPSA) is 62.3 Å². The molecule has 0 spiro atoms. The highest BCUT2D eigenvalue weighted by atomic mass is 79.9. The van der Waals surface area contributed by atoms with Crippen LogP contribution in [0.3, 0.4) is 0 Å². The second-order valence-electron chi connectivity index (χ2n) is 4.58. The van der Waals surface area contributed by atoms with Crippen LogP contribution in [0, 0.1) is 5.92 Å². The molecule has 94 valence electrons. The number of hydrogen-bond acceptors (Lipinski definition) is 3. The first-order valence-corrected chi connectivity index (χ1v) is 6.62. The van der Waals surface area contributed by atoms with E-state index < -0.39 is 0 Å². The molecule has 0 atom stereocenters. The maximum atomic E-state index is 11.8. The number of aromatic amines is 1. The molecule has 4 nitrogen and oxygen atoms in total. The minimum atomic E-state index is -0.386. The Balaban J connectivity index is 2.08. The SMILES string of the molecule is O=c1[nH]c2ccc(Br)cc2c(O)c1OCC1CC1. The molecular formula is C13H12BrNO3. The lowest BCUT2D eigenvalue weighted by atomic mass is 10.2. The summed E-state index contributed by atoms with van der Waals surface area (Å²) < 4.78 is 6.27. The van der Waals surface area contributed by atoms with Crippen molar-refractivity contribution in [1.29, 1.82) is 0 Å². The van der Waals surface area contributed by atoms with Gasteiger partial charge < -0.3 is 14.8 Å². The monoisotopic (exact) mass is 309 g/mol. The van der Waals surface area contributed by atoms with Gasteiger partial charge in [-0.05, 0) is 37.0 Å². The molecule has 1 aliphatic carbocycles. The lowest BCUT2D eigenvalue weighted by Gasteiger charge is -2.09. The van der Waals surface area contributed by atoms with Gasteiger partial charge in [0.15, 0.2) is 5.75 Å². The minimum absolute atomic E-state index is 0.0208. The molecule has 1 aliphatic rings. The molecule has 0 radical (unpaired) electrons. The number of pyridine rings is 1. The summed E-state index contributed by atoms with van der Waals surface area (Å²) >= 11 is 3.34. The Labute approximate surface area is 112 Å². The molecule has 1 saturated carbocycles. The molecule has 2 aromatic rings. The number of nitrogens with one attached hydrogen (secondary N) is 1. The van der Waals surface area contributed by atoms with Crippen LogP contribution < -0.4 is 10.3 Å². The Hall–Kier alpha value is -1.49. The number of benzene rings is 1. The van der Waals surface area contributed by atoms with Crippen LogP contribution in [0.4, 0.5) is 0 Å². The fourth-order valence-electron chi connectivity index (χ4n) is 1.85. The van der Waals surface area contributed by atoms with Gasteiger partial charge in [0.25, 0.3) is 5.56 Å². The zero-order chi connectivity index (χ0) is 12.7. The van der Waals surface area contributed by atoms with Gasteiger partial charge in [-0.15, -0.1) is 0 Å². The summed E-state index contributed by atoms with van der Waals surface area (Å²) in [5.41, 5.74) is 0.211. The van der Waals surface area contributed by atoms with Crippen LogP contribution >= 0.6 is 15.9 Å². The molecular weight excluding hydrogens is 298 g/mol. The molecule has 0 unspecified atom stereocenters. The quantitative estimate of drug-likeness (QED) is 0.916. The Morgan fingerprint density at radius 2 is 2.22 bits per heavy atom. The van der Waals surface area contributed by atoms with Crippen molar-refractivity contribution in [1.82, 2.24) is 4.98 Å². The van der Waals surface area contributed by atoms with Crippen LogP contribution in [-0.4, -0.2) is 16.7 Å². The molecule has 0 amide bonds. The highest BCUT2D eigenvalue weighted by Gasteiger charge is 2.23. The van der Waals surface area contributed by atoms with Crippen LogP contribution in [0.15, 0.2) is 27.5 Å². The molecule has 1 aromatic heterocycles. The maximum absolute atomic E-state index is 11.8. The van der Waals surface area contributed by atoms with E-state index in [0.29, 0.717) is 23.4 Å². The summed E-state index contributed by atoms with van der Waals surface area (Å²) in [6, 6.07) is 5.30. The van der Waals surface area contributed by atoms with Gasteiger partial charge >= 0.3 is 0 Å². The third-order valence-corrected chi connectivity index (χ3v) is 3.56. The van der Waals surface area contributed by atoms with Crippen LogP contribution in [0.2, 0.25) is 0 Å². The molecule has 2 N–H and O–H groups in total. The number of aromatic hydroxyl groups is 1. The average molecular weight is 310 g/mol. The zero-order valence-corrected chi connectivity index (χ0v) is 11.2. The molecule has 18 heavy (non-hydrogen) atoms. The van der Waals surface area contributed by atoms with Gasteiger partial charge in [-0.2, -0.15) is 0 Å². The van der Waals surface area contributed by atoms with Crippen molar-refractivity contribution >= 4 is 26.8 Å². The van der Waals surface area contributed by atoms with Crippen molar-refractivity contribution in [3.05, 3.63) is 33.0 Å². The first-order valence-electron chi connectivity index (χ1n) is 5.82. The first-order chi connectivity index (χ1) is 8.65. The molecule has 1 fully saturated rings. The fraction of sp³-hybridized carbons (Fsp3) is 0.308. The Bertz CT molecular complexity index is 661. The number of hydrogen-bond donors (Lipinski definition) is 2. The van der Waals surface area contributed by atoms with Crippen LogP contribution in [0.25, 0.3) is 10.9 Å². The van der Waals surface area contributed by atoms with Gasteiger partial charge in [-0.3, -0.25) is 4.79 Å². The number of ether oxygens (including phenoxy) is 1. The normalized spacial score (nSPS) is 14.9. The summed E-state index contributed by atoms with van der Waals surface area (Å²) in [5, 5.41) is 10.7. The smallest absolute Gasteiger partial charge is 0.294 e. The molecule has 0 saturated heterocycles. The van der Waals surface area contributed by atoms with Crippen molar-refractivity contribution in [2.45, 2.75) is 12.8 Å². The number of fused-ring (bicyclic) bond motifs is 1. The Morgan fingerprint density at radius 1 is 1.44 bits per heavy atom. The number of H-pyrrole nitrogens is 1. The highest BCUT2D eigenvalue weighted by Crippen LogP contribution is 2.34. The van der Waals surface area contributed by atoms with Gasteiger partial charge in [0.2, 0.25) is 5.75 Å². The Kier molecular flexibility index (Phi) is 2.78. The number of rotatable bonds is 3. The molecule has 1 aromatic carbocycles. The van der Waals surface area contributed by atoms with E-state index in [9.17, 15) is 9.90 Å². The van der Waals surface area contributed by atoms with E-state index >= 15 is 0 Å². The lowest BCUT2D eigenvalue weighted by Crippen LogP contribution is -2.13. The second kappa shape index (κ2) is 4.31. The summed E-state index contributed by atoms with van der Waals surface area (Å²) in [6.07, 6.45) is 2.27. The predicted molar refractivity (Wildman–Crippen MR) is 72.2 cm³/mol. The second-order valence-corrected chi connectivity index (χ2v) is 5.49. The van der Waals surface area contributed by atoms with Gasteiger partial charge in [0.1, 0.15) is 0 Å². The van der Waals surface area contributed by atoms with Crippen LogP contribution in [-0.2, 0) is 0 Å². The lowest BCUT2D eigenvalue weighted by molar-refractivity contribution is 0.281. The average Bonchev–Trinajstić information content (AvgIpc) is 3.14. The van der Waals surface area contributed by atoms with E-state index in [4.69, 9.17) is 4.74 Å². The predicted octanol–water partition coefficient (Wildman–Crippen LogP) is 2.79. The summed E-state index contributed by atoms with van der Waals surface area (Å²) in [4.78, 5) is 14.5. The van der Waals surface area contributed by atoms with Crippen LogP contribution in [0.1, 0.15) is 12.8 Å². The fourth-order valence-corrected chi connectivity index (χ4v) is 2.21. The first kappa shape index (κ1) is 11.6. The summed E-state index contributed by atoms with van der Waals surface area (Å²) in [7, 11) is 0. The third-order valence-electron chi connectivity index (χ3n) is 3.07. The molecule has 5 heteroatoms. The minimum Gasteiger partial charge on any atom is -0.504 e. The van der Waals surface area contributed by atoms with Crippen molar-refractivity contribution < 1.29 is 9.84 Å². The van der Waals surface area contributed by atoms with Gasteiger partial charge in [-0.25, -0.2) is 0 Å². The largest absolute Gasteiger partial charge is 0.504 e. The van der Waals surface area contributed by atoms with E-state index in [1.165, 1.54) is 0 Å². The molecule has 1 heterocycles. The van der Waals surface area contributed by atoms with Crippen molar-refractivity contribution in [2.24, 2.45) is 5.92 Å². The van der Waals surface area contributed by atoms with E-state index in [-0.39, 0.29) is 17.1 Å². The van der Waals surface area contributed by atoms with Crippen LogP contribution in [0.5, 0.6) is 11.5 Å². The number of halogens is 1. The standard InChI is InChI=1S/C13H12BrNO3/c14-8-3-4-10-9(5-8)11(16)12(13(17)15-10)18-6-7-1-2-7/h3-5,7H,1-2,6H2,(H2,15,16,17). The summed E-state index contributed by atoms with van der Waals surface area (Å²) in [6.45, 7) is 0.496. The summed E-state index contributed by atoms with van der Waals surface area (Å²) in [5.74, 6) is 0.463. The van der Waals surface area contributed by atoms with E-state index in [1.54, 1.807) is 12.1 Å². The van der Waals surface area contributed by atoms with Crippen molar-refractivity contribution in [3.8, 4) is 11.5 Å². The van der Waals surface area contributed by atoms with E-state index in [1.807, 2.05) is 6.07 Å². The van der Waals surface area contributed by atoms with Gasteiger partial charge in [0.05, 0.1) is 12.1 Å². The van der Waals surface area contributed by atoms with E-state index in [0.717, 1.165) is 17.3 Å². The maximum Gasteiger partial charge on any atom is 0.294 e. The van der Waals surface area contributed by atoms with Gasteiger partial charge in [0, 0.05) is 9.86 Å². The van der Waals surface area contributed by atoms with E-state index in [2.05, 4.69) is 20.9 Å². The van der Waals surface area contributed by atoms with Gasteiger partial charge in [-0.1, -0.05) is 15.9 Å². The van der Waals surface area contributed by atoms with Crippen molar-refractivity contribution in [2.75, 3.05) is 6.61 Å². The molecule has 3 rings (SSSR count). The molecule has 0 aliphatic heterocycles.